The van der Waals surface area contributed by atoms with Gasteiger partial charge in [0.2, 0.25) is 0 Å². The SMILES string of the molecule is NC(=O)[C@@H](F)C[C@@H](N)C(=O)O. The number of primary amides is 1. The summed E-state index contributed by atoms with van der Waals surface area (Å²) in [5.41, 5.74) is 9.43. The Morgan fingerprint density at radius 3 is 2.27 bits per heavy atom. The molecular formula is C5H9FN2O3. The molecule has 11 heavy (non-hydrogen) atoms. The summed E-state index contributed by atoms with van der Waals surface area (Å²) in [6.07, 6.45) is -2.56. The molecule has 0 aromatic carbocycles. The molecule has 0 rings (SSSR count). The van der Waals surface area contributed by atoms with Crippen LogP contribution in [-0.4, -0.2) is 29.2 Å². The fourth-order valence-corrected chi connectivity index (χ4v) is 0.440. The predicted octanol–water partition coefficient (Wildman–Crippen LogP) is -1.39. The highest BCUT2D eigenvalue weighted by Gasteiger charge is 2.21. The van der Waals surface area contributed by atoms with Gasteiger partial charge in [-0.15, -0.1) is 0 Å². The van der Waals surface area contributed by atoms with Gasteiger partial charge in [0.05, 0.1) is 0 Å². The third-order valence-corrected chi connectivity index (χ3v) is 1.09. The molecule has 64 valence electrons. The number of rotatable bonds is 4. The van der Waals surface area contributed by atoms with Gasteiger partial charge in [0.15, 0.2) is 6.17 Å². The van der Waals surface area contributed by atoms with Crippen LogP contribution in [0.25, 0.3) is 0 Å². The van der Waals surface area contributed by atoms with Gasteiger partial charge in [0.1, 0.15) is 6.04 Å². The average molecular weight is 164 g/mol. The Morgan fingerprint density at radius 2 is 2.00 bits per heavy atom. The molecule has 0 aromatic heterocycles. The van der Waals surface area contributed by atoms with Crippen LogP contribution < -0.4 is 11.5 Å². The van der Waals surface area contributed by atoms with E-state index in [0.717, 1.165) is 0 Å². The number of alkyl halides is 1. The standard InChI is InChI=1S/C5H9FN2O3/c6-2(4(8)9)1-3(7)5(10)11/h2-3H,1,7H2,(H2,8,9)(H,10,11)/t2-,3+/m0/s1. The summed E-state index contributed by atoms with van der Waals surface area (Å²) < 4.78 is 12.3. The minimum Gasteiger partial charge on any atom is -0.480 e. The average Bonchev–Trinajstić information content (AvgIpc) is 1.87. The van der Waals surface area contributed by atoms with Crippen molar-refractivity contribution in [2.24, 2.45) is 11.5 Å². The van der Waals surface area contributed by atoms with E-state index in [0.29, 0.717) is 0 Å². The second-order valence-corrected chi connectivity index (χ2v) is 2.05. The lowest BCUT2D eigenvalue weighted by Gasteiger charge is -2.06. The number of hydrogen-bond acceptors (Lipinski definition) is 3. The number of amides is 1. The van der Waals surface area contributed by atoms with Gasteiger partial charge in [-0.05, 0) is 0 Å². The van der Waals surface area contributed by atoms with Gasteiger partial charge in [-0.25, -0.2) is 4.39 Å². The first kappa shape index (κ1) is 9.83. The molecule has 0 aliphatic heterocycles. The van der Waals surface area contributed by atoms with Crippen LogP contribution >= 0.6 is 0 Å². The van der Waals surface area contributed by atoms with Crippen molar-refractivity contribution in [3.63, 3.8) is 0 Å². The molecule has 2 atom stereocenters. The lowest BCUT2D eigenvalue weighted by atomic mass is 10.1. The van der Waals surface area contributed by atoms with E-state index in [-0.39, 0.29) is 0 Å². The van der Waals surface area contributed by atoms with Crippen molar-refractivity contribution in [2.75, 3.05) is 0 Å². The molecule has 0 aromatic rings. The van der Waals surface area contributed by atoms with Gasteiger partial charge in [0, 0.05) is 6.42 Å². The second kappa shape index (κ2) is 3.87. The molecule has 0 aliphatic carbocycles. The maximum Gasteiger partial charge on any atom is 0.320 e. The highest BCUT2D eigenvalue weighted by Crippen LogP contribution is 1.99. The lowest BCUT2D eigenvalue weighted by molar-refractivity contribution is -0.139. The summed E-state index contributed by atoms with van der Waals surface area (Å²) in [7, 11) is 0. The van der Waals surface area contributed by atoms with Crippen LogP contribution in [-0.2, 0) is 9.59 Å². The third kappa shape index (κ3) is 3.51. The van der Waals surface area contributed by atoms with Crippen LogP contribution in [0.3, 0.4) is 0 Å². The molecule has 5 N–H and O–H groups in total. The zero-order valence-corrected chi connectivity index (χ0v) is 5.66. The number of carboxylic acid groups (broad SMARTS) is 1. The lowest BCUT2D eigenvalue weighted by Crippen LogP contribution is -2.37. The summed E-state index contributed by atoms with van der Waals surface area (Å²) in [5.74, 6) is -2.55. The molecule has 1 amide bonds. The van der Waals surface area contributed by atoms with E-state index in [1.165, 1.54) is 0 Å². The highest BCUT2D eigenvalue weighted by atomic mass is 19.1. The van der Waals surface area contributed by atoms with Crippen LogP contribution in [0.5, 0.6) is 0 Å². The number of nitrogens with two attached hydrogens (primary N) is 2. The first-order chi connectivity index (χ1) is 4.95. The number of carbonyl (C=O) groups is 2. The quantitative estimate of drug-likeness (QED) is 0.475. The molecule has 0 unspecified atom stereocenters. The normalized spacial score (nSPS) is 15.5. The van der Waals surface area contributed by atoms with Gasteiger partial charge >= 0.3 is 5.97 Å². The van der Waals surface area contributed by atoms with E-state index < -0.39 is 30.5 Å². The van der Waals surface area contributed by atoms with E-state index in [1.54, 1.807) is 0 Å². The molecule has 0 bridgehead atoms. The van der Waals surface area contributed by atoms with Crippen LogP contribution in [0.4, 0.5) is 4.39 Å². The van der Waals surface area contributed by atoms with Crippen LogP contribution in [0, 0.1) is 0 Å². The molecule has 6 heteroatoms. The molecule has 0 saturated carbocycles. The number of carboxylic acids is 1. The van der Waals surface area contributed by atoms with Crippen molar-refractivity contribution in [3.05, 3.63) is 0 Å². The smallest absolute Gasteiger partial charge is 0.320 e. The number of carbonyl (C=O) groups excluding carboxylic acids is 1. The second-order valence-electron chi connectivity index (χ2n) is 2.05. The predicted molar refractivity (Wildman–Crippen MR) is 34.3 cm³/mol. The molecule has 0 fully saturated rings. The summed E-state index contributed by atoms with van der Waals surface area (Å²) in [4.78, 5) is 20.1. The molecule has 0 heterocycles. The Morgan fingerprint density at radius 1 is 1.55 bits per heavy atom. The maximum atomic E-state index is 12.3. The Kier molecular flexibility index (Phi) is 3.46. The van der Waals surface area contributed by atoms with Crippen molar-refractivity contribution in [1.29, 1.82) is 0 Å². The van der Waals surface area contributed by atoms with Crippen molar-refractivity contribution in [3.8, 4) is 0 Å². The van der Waals surface area contributed by atoms with Gasteiger partial charge in [-0.2, -0.15) is 0 Å². The van der Waals surface area contributed by atoms with Crippen molar-refractivity contribution in [1.82, 2.24) is 0 Å². The Bertz CT molecular complexity index is 155. The monoisotopic (exact) mass is 164 g/mol. The van der Waals surface area contributed by atoms with E-state index >= 15 is 0 Å². The topological polar surface area (TPSA) is 106 Å². The first-order valence-electron chi connectivity index (χ1n) is 2.87. The number of hydrogen-bond donors (Lipinski definition) is 3. The summed E-state index contributed by atoms with van der Waals surface area (Å²) in [5, 5.41) is 8.17. The third-order valence-electron chi connectivity index (χ3n) is 1.09. The molecule has 0 radical (unpaired) electrons. The van der Waals surface area contributed by atoms with E-state index in [4.69, 9.17) is 10.8 Å². The van der Waals surface area contributed by atoms with Gasteiger partial charge in [-0.3, -0.25) is 9.59 Å². The fourth-order valence-electron chi connectivity index (χ4n) is 0.440. The molecule has 0 aliphatic rings. The summed E-state index contributed by atoms with van der Waals surface area (Å²) in [6.45, 7) is 0. The molecule has 5 nitrogen and oxygen atoms in total. The number of aliphatic carboxylic acids is 1. The Balaban J connectivity index is 3.84. The maximum absolute atomic E-state index is 12.3. The highest BCUT2D eigenvalue weighted by molar-refractivity contribution is 5.80. The first-order valence-corrected chi connectivity index (χ1v) is 2.87. The summed E-state index contributed by atoms with van der Waals surface area (Å²) in [6, 6.07) is -1.38. The van der Waals surface area contributed by atoms with Gasteiger partial charge < -0.3 is 16.6 Å². The van der Waals surface area contributed by atoms with Crippen LogP contribution in [0.2, 0.25) is 0 Å². The zero-order chi connectivity index (χ0) is 9.02. The van der Waals surface area contributed by atoms with E-state index in [9.17, 15) is 14.0 Å². The van der Waals surface area contributed by atoms with Gasteiger partial charge in [-0.1, -0.05) is 0 Å². The molecular weight excluding hydrogens is 155 g/mol. The van der Waals surface area contributed by atoms with Crippen molar-refractivity contribution in [2.45, 2.75) is 18.6 Å². The minimum absolute atomic E-state index is 0.579. The van der Waals surface area contributed by atoms with Crippen LogP contribution in [0.15, 0.2) is 0 Å². The van der Waals surface area contributed by atoms with E-state index in [1.807, 2.05) is 0 Å². The minimum atomic E-state index is -1.99. The number of halogens is 1. The Labute approximate surface area is 62.2 Å². The zero-order valence-electron chi connectivity index (χ0n) is 5.66. The van der Waals surface area contributed by atoms with E-state index in [2.05, 4.69) is 5.73 Å². The van der Waals surface area contributed by atoms with Crippen molar-refractivity contribution >= 4 is 11.9 Å². The van der Waals surface area contributed by atoms with Crippen molar-refractivity contribution < 1.29 is 19.1 Å². The van der Waals surface area contributed by atoms with Gasteiger partial charge in [0.25, 0.3) is 5.91 Å². The summed E-state index contributed by atoms with van der Waals surface area (Å²) >= 11 is 0. The Hall–Kier alpha value is -1.17. The molecule has 0 spiro atoms. The van der Waals surface area contributed by atoms with Crippen LogP contribution in [0.1, 0.15) is 6.42 Å². The fraction of sp³-hybridized carbons (Fsp3) is 0.600. The largest absolute Gasteiger partial charge is 0.480 e. The molecule has 0 saturated heterocycles.